The lowest BCUT2D eigenvalue weighted by Crippen LogP contribution is -2.34. The molecule has 1 aliphatic heterocycles. The summed E-state index contributed by atoms with van der Waals surface area (Å²) in [6.07, 6.45) is 1.26. The van der Waals surface area contributed by atoms with Crippen LogP contribution in [0.15, 0.2) is 48.5 Å². The fraction of sp³-hybridized carbons (Fsp3) is 0.381. The van der Waals surface area contributed by atoms with Gasteiger partial charge in [0.2, 0.25) is 5.91 Å². The van der Waals surface area contributed by atoms with Gasteiger partial charge in [-0.1, -0.05) is 36.4 Å². The van der Waals surface area contributed by atoms with Crippen LogP contribution in [0, 0.1) is 6.92 Å². The predicted molar refractivity (Wildman–Crippen MR) is 101 cm³/mol. The van der Waals surface area contributed by atoms with Crippen molar-refractivity contribution in [2.75, 3.05) is 31.6 Å². The number of anilines is 1. The molecule has 2 aromatic carbocycles. The number of ether oxygens (including phenoxy) is 1. The molecule has 0 bridgehead atoms. The summed E-state index contributed by atoms with van der Waals surface area (Å²) >= 11 is 0. The van der Waals surface area contributed by atoms with Crippen molar-refractivity contribution in [2.24, 2.45) is 0 Å². The fourth-order valence-electron chi connectivity index (χ4n) is 3.19. The van der Waals surface area contributed by atoms with Crippen molar-refractivity contribution in [3.63, 3.8) is 0 Å². The smallest absolute Gasteiger partial charge is 0.223 e. The summed E-state index contributed by atoms with van der Waals surface area (Å²) in [6, 6.07) is 16.3. The highest BCUT2D eigenvalue weighted by molar-refractivity contribution is 5.76. The molecule has 0 fully saturated rings. The van der Waals surface area contributed by atoms with Crippen LogP contribution in [-0.2, 0) is 11.3 Å². The van der Waals surface area contributed by atoms with Crippen molar-refractivity contribution in [1.29, 1.82) is 0 Å². The third kappa shape index (κ3) is 4.32. The summed E-state index contributed by atoms with van der Waals surface area (Å²) in [4.78, 5) is 16.8. The molecule has 3 rings (SSSR count). The number of amides is 1. The third-order valence-electron chi connectivity index (χ3n) is 4.71. The summed E-state index contributed by atoms with van der Waals surface area (Å²) in [5.74, 6) is 1.11. The third-order valence-corrected chi connectivity index (χ3v) is 4.71. The molecule has 0 atom stereocenters. The van der Waals surface area contributed by atoms with Gasteiger partial charge in [-0.2, -0.15) is 0 Å². The zero-order chi connectivity index (χ0) is 17.6. The minimum Gasteiger partial charge on any atom is -0.493 e. The maximum atomic E-state index is 12.6. The van der Waals surface area contributed by atoms with Gasteiger partial charge >= 0.3 is 0 Å². The molecule has 25 heavy (non-hydrogen) atoms. The number of nitrogens with zero attached hydrogens (tertiary/aromatic N) is 2. The highest BCUT2D eigenvalue weighted by atomic mass is 16.5. The first-order chi connectivity index (χ1) is 12.1. The molecule has 0 aliphatic carbocycles. The number of hydrogen-bond donors (Lipinski definition) is 0. The number of fused-ring (bicyclic) bond motifs is 1. The van der Waals surface area contributed by atoms with Crippen LogP contribution in [-0.4, -0.2) is 37.6 Å². The molecule has 0 aromatic heterocycles. The number of benzene rings is 2. The van der Waals surface area contributed by atoms with E-state index in [1.54, 1.807) is 0 Å². The van der Waals surface area contributed by atoms with Crippen LogP contribution in [0.2, 0.25) is 0 Å². The topological polar surface area (TPSA) is 32.8 Å². The summed E-state index contributed by atoms with van der Waals surface area (Å²) in [5, 5.41) is 0. The minimum absolute atomic E-state index is 0.207. The van der Waals surface area contributed by atoms with Crippen molar-refractivity contribution in [3.05, 3.63) is 59.7 Å². The van der Waals surface area contributed by atoms with E-state index in [1.165, 1.54) is 11.3 Å². The number of carbonyl (C=O) groups excluding carboxylic acids is 1. The van der Waals surface area contributed by atoms with Crippen molar-refractivity contribution in [1.82, 2.24) is 4.90 Å². The Morgan fingerprint density at radius 2 is 1.84 bits per heavy atom. The first kappa shape index (κ1) is 17.3. The van der Waals surface area contributed by atoms with Gasteiger partial charge in [-0.15, -0.1) is 0 Å². The highest BCUT2D eigenvalue weighted by Crippen LogP contribution is 2.24. The van der Waals surface area contributed by atoms with E-state index in [1.807, 2.05) is 42.2 Å². The normalized spacial score (nSPS) is 14.0. The zero-order valence-electron chi connectivity index (χ0n) is 15.1. The molecule has 0 radical (unpaired) electrons. The van der Waals surface area contributed by atoms with Crippen LogP contribution in [0.5, 0.6) is 5.75 Å². The standard InChI is InChI=1S/C21H26N2O2/c1-17-8-3-6-11-20(17)25-15-7-12-21(24)23-14-13-22(2)19-10-5-4-9-18(19)16-23/h3-6,8-11H,7,12-16H2,1-2H3. The lowest BCUT2D eigenvalue weighted by atomic mass is 10.1. The average molecular weight is 338 g/mol. The SMILES string of the molecule is Cc1ccccc1OCCCC(=O)N1CCN(C)c2ccccc2C1. The van der Waals surface area contributed by atoms with Gasteiger partial charge in [-0.25, -0.2) is 0 Å². The molecular weight excluding hydrogens is 312 g/mol. The Hall–Kier alpha value is -2.49. The molecule has 0 N–H and O–H groups in total. The molecule has 132 valence electrons. The first-order valence-electron chi connectivity index (χ1n) is 8.90. The van der Waals surface area contributed by atoms with E-state index in [2.05, 4.69) is 30.1 Å². The second-order valence-electron chi connectivity index (χ2n) is 6.58. The quantitative estimate of drug-likeness (QED) is 0.781. The van der Waals surface area contributed by atoms with Gasteiger partial charge in [0.25, 0.3) is 0 Å². The molecular formula is C21H26N2O2. The largest absolute Gasteiger partial charge is 0.493 e. The lowest BCUT2D eigenvalue weighted by Gasteiger charge is -2.21. The van der Waals surface area contributed by atoms with Crippen LogP contribution in [0.25, 0.3) is 0 Å². The molecule has 1 aliphatic rings. The van der Waals surface area contributed by atoms with Gasteiger partial charge in [-0.05, 0) is 36.6 Å². The van der Waals surface area contributed by atoms with Gasteiger partial charge in [0.1, 0.15) is 5.75 Å². The maximum absolute atomic E-state index is 12.6. The molecule has 1 heterocycles. The van der Waals surface area contributed by atoms with Gasteiger partial charge in [0, 0.05) is 38.8 Å². The number of para-hydroxylation sites is 2. The minimum atomic E-state index is 0.207. The Morgan fingerprint density at radius 1 is 1.08 bits per heavy atom. The van der Waals surface area contributed by atoms with E-state index in [-0.39, 0.29) is 5.91 Å². The van der Waals surface area contributed by atoms with Crippen LogP contribution in [0.4, 0.5) is 5.69 Å². The van der Waals surface area contributed by atoms with Crippen molar-refractivity contribution >= 4 is 11.6 Å². The number of likely N-dealkylation sites (N-methyl/N-ethyl adjacent to an activating group) is 1. The number of carbonyl (C=O) groups is 1. The van der Waals surface area contributed by atoms with E-state index >= 15 is 0 Å². The lowest BCUT2D eigenvalue weighted by molar-refractivity contribution is -0.131. The van der Waals surface area contributed by atoms with E-state index < -0.39 is 0 Å². The van der Waals surface area contributed by atoms with Crippen molar-refractivity contribution < 1.29 is 9.53 Å². The van der Waals surface area contributed by atoms with Crippen LogP contribution < -0.4 is 9.64 Å². The molecule has 0 unspecified atom stereocenters. The van der Waals surface area contributed by atoms with E-state index in [4.69, 9.17) is 4.74 Å². The predicted octanol–water partition coefficient (Wildman–Crippen LogP) is 3.63. The second kappa shape index (κ2) is 8.06. The number of aryl methyl sites for hydroxylation is 1. The van der Waals surface area contributed by atoms with Gasteiger partial charge in [0.05, 0.1) is 6.61 Å². The van der Waals surface area contributed by atoms with Crippen molar-refractivity contribution in [2.45, 2.75) is 26.3 Å². The molecule has 1 amide bonds. The molecule has 0 spiro atoms. The first-order valence-corrected chi connectivity index (χ1v) is 8.90. The van der Waals surface area contributed by atoms with E-state index in [0.29, 0.717) is 19.6 Å². The Balaban J connectivity index is 1.51. The summed E-state index contributed by atoms with van der Waals surface area (Å²) in [7, 11) is 2.09. The van der Waals surface area contributed by atoms with Gasteiger partial charge in [-0.3, -0.25) is 4.79 Å². The van der Waals surface area contributed by atoms with Gasteiger partial charge in [0.15, 0.2) is 0 Å². The Kier molecular flexibility index (Phi) is 5.59. The molecule has 4 heteroatoms. The second-order valence-corrected chi connectivity index (χ2v) is 6.58. The van der Waals surface area contributed by atoms with E-state index in [0.717, 1.165) is 30.8 Å². The number of rotatable bonds is 5. The Labute approximate surface area is 150 Å². The summed E-state index contributed by atoms with van der Waals surface area (Å²) in [6.45, 7) is 4.93. The molecule has 2 aromatic rings. The summed E-state index contributed by atoms with van der Waals surface area (Å²) in [5.41, 5.74) is 3.56. The van der Waals surface area contributed by atoms with Crippen LogP contribution in [0.3, 0.4) is 0 Å². The van der Waals surface area contributed by atoms with Crippen LogP contribution in [0.1, 0.15) is 24.0 Å². The molecule has 0 saturated carbocycles. The monoisotopic (exact) mass is 338 g/mol. The fourth-order valence-corrected chi connectivity index (χ4v) is 3.19. The van der Waals surface area contributed by atoms with E-state index in [9.17, 15) is 4.79 Å². The molecule has 4 nitrogen and oxygen atoms in total. The number of hydrogen-bond acceptors (Lipinski definition) is 3. The Bertz CT molecular complexity index is 729. The zero-order valence-corrected chi connectivity index (χ0v) is 15.1. The highest BCUT2D eigenvalue weighted by Gasteiger charge is 2.20. The summed E-state index contributed by atoms with van der Waals surface area (Å²) < 4.78 is 5.79. The maximum Gasteiger partial charge on any atom is 0.223 e. The molecule has 0 saturated heterocycles. The average Bonchev–Trinajstić information content (AvgIpc) is 2.79. The van der Waals surface area contributed by atoms with Crippen LogP contribution >= 0.6 is 0 Å². The Morgan fingerprint density at radius 3 is 2.68 bits per heavy atom. The van der Waals surface area contributed by atoms with Gasteiger partial charge < -0.3 is 14.5 Å². The van der Waals surface area contributed by atoms with Crippen molar-refractivity contribution in [3.8, 4) is 5.75 Å².